The molecule has 4 rings (SSSR count). The third kappa shape index (κ3) is 2.57. The molecular weight excluding hydrogens is 302 g/mol. The molecule has 1 saturated carbocycles. The van der Waals surface area contributed by atoms with Crippen molar-refractivity contribution >= 4 is 17.3 Å². The molecule has 1 atom stereocenters. The predicted molar refractivity (Wildman–Crippen MR) is 83.1 cm³/mol. The highest BCUT2D eigenvalue weighted by Crippen LogP contribution is 2.39. The minimum Gasteiger partial charge on any atom is -0.367 e. The first kappa shape index (κ1) is 14.0. The van der Waals surface area contributed by atoms with Gasteiger partial charge in [-0.15, -0.1) is 0 Å². The SMILES string of the molecule is CN1CCN(c2ccncc2Cl)C[C@H]1c1nc(C2CC2)no1. The molecule has 1 aliphatic heterocycles. The number of halogens is 1. The van der Waals surface area contributed by atoms with Crippen molar-refractivity contribution in [1.82, 2.24) is 20.0 Å². The van der Waals surface area contributed by atoms with Gasteiger partial charge >= 0.3 is 0 Å². The van der Waals surface area contributed by atoms with Crippen molar-refractivity contribution in [1.29, 1.82) is 0 Å². The van der Waals surface area contributed by atoms with E-state index in [-0.39, 0.29) is 6.04 Å². The van der Waals surface area contributed by atoms with Crippen LogP contribution in [0.1, 0.15) is 36.5 Å². The van der Waals surface area contributed by atoms with Gasteiger partial charge in [0.15, 0.2) is 5.82 Å². The Hall–Kier alpha value is -1.66. The Balaban J connectivity index is 1.57. The maximum atomic E-state index is 6.27. The molecule has 0 aromatic carbocycles. The number of hydrogen-bond acceptors (Lipinski definition) is 6. The van der Waals surface area contributed by atoms with E-state index in [0.29, 0.717) is 16.8 Å². The van der Waals surface area contributed by atoms with Crippen LogP contribution in [0, 0.1) is 0 Å². The first-order valence-corrected chi connectivity index (χ1v) is 7.98. The van der Waals surface area contributed by atoms with Gasteiger partial charge in [-0.3, -0.25) is 9.88 Å². The number of aromatic nitrogens is 3. The Kier molecular flexibility index (Phi) is 3.50. The third-order valence-electron chi connectivity index (χ3n) is 4.42. The summed E-state index contributed by atoms with van der Waals surface area (Å²) in [7, 11) is 2.09. The molecular formula is C15H18ClN5O. The minimum absolute atomic E-state index is 0.0954. The average Bonchev–Trinajstić information content (AvgIpc) is 3.27. The second-order valence-corrected chi connectivity index (χ2v) is 6.44. The van der Waals surface area contributed by atoms with E-state index in [9.17, 15) is 0 Å². The minimum atomic E-state index is 0.0954. The molecule has 3 heterocycles. The zero-order valence-electron chi connectivity index (χ0n) is 12.4. The topological polar surface area (TPSA) is 58.3 Å². The van der Waals surface area contributed by atoms with Crippen LogP contribution in [0.2, 0.25) is 5.02 Å². The molecule has 0 spiro atoms. The van der Waals surface area contributed by atoms with Crippen LogP contribution >= 0.6 is 11.6 Å². The fourth-order valence-corrected chi connectivity index (χ4v) is 3.11. The summed E-state index contributed by atoms with van der Waals surface area (Å²) in [6, 6.07) is 2.05. The van der Waals surface area contributed by atoms with E-state index in [2.05, 4.69) is 32.0 Å². The van der Waals surface area contributed by atoms with Crippen molar-refractivity contribution in [3.05, 3.63) is 35.2 Å². The number of anilines is 1. The van der Waals surface area contributed by atoms with Crippen LogP contribution in [0.3, 0.4) is 0 Å². The molecule has 2 aliphatic rings. The smallest absolute Gasteiger partial charge is 0.245 e. The predicted octanol–water partition coefficient (Wildman–Crippen LogP) is 2.49. The van der Waals surface area contributed by atoms with Gasteiger partial charge in [-0.25, -0.2) is 0 Å². The standard InChI is InChI=1S/C15H18ClN5O/c1-20-6-7-21(12-4-5-17-8-11(12)16)9-13(20)15-18-14(19-22-15)10-2-3-10/h4-5,8,10,13H,2-3,6-7,9H2,1H3/t13-/m0/s1. The van der Waals surface area contributed by atoms with Crippen LogP contribution in [-0.4, -0.2) is 46.7 Å². The van der Waals surface area contributed by atoms with Crippen molar-refractivity contribution in [2.75, 3.05) is 31.6 Å². The highest BCUT2D eigenvalue weighted by Gasteiger charge is 2.34. The summed E-state index contributed by atoms with van der Waals surface area (Å²) in [4.78, 5) is 13.2. The summed E-state index contributed by atoms with van der Waals surface area (Å²) in [5.74, 6) is 2.08. The maximum Gasteiger partial charge on any atom is 0.245 e. The van der Waals surface area contributed by atoms with Gasteiger partial charge in [0.1, 0.15) is 6.04 Å². The lowest BCUT2D eigenvalue weighted by molar-refractivity contribution is 0.177. The zero-order chi connectivity index (χ0) is 15.1. The molecule has 0 N–H and O–H groups in total. The van der Waals surface area contributed by atoms with Gasteiger partial charge < -0.3 is 9.42 Å². The second-order valence-electron chi connectivity index (χ2n) is 6.03. The quantitative estimate of drug-likeness (QED) is 0.866. The second kappa shape index (κ2) is 5.52. The summed E-state index contributed by atoms with van der Waals surface area (Å²) >= 11 is 6.27. The van der Waals surface area contributed by atoms with Crippen LogP contribution in [0.5, 0.6) is 0 Å². The van der Waals surface area contributed by atoms with E-state index in [4.69, 9.17) is 16.1 Å². The van der Waals surface area contributed by atoms with Crippen LogP contribution in [-0.2, 0) is 0 Å². The lowest BCUT2D eigenvalue weighted by atomic mass is 10.1. The Morgan fingerprint density at radius 2 is 2.18 bits per heavy atom. The fraction of sp³-hybridized carbons (Fsp3) is 0.533. The zero-order valence-corrected chi connectivity index (χ0v) is 13.2. The highest BCUT2D eigenvalue weighted by molar-refractivity contribution is 6.33. The normalized spacial score (nSPS) is 23.0. The van der Waals surface area contributed by atoms with E-state index in [1.165, 1.54) is 12.8 Å². The van der Waals surface area contributed by atoms with E-state index in [1.807, 2.05) is 6.07 Å². The first-order valence-electron chi connectivity index (χ1n) is 7.60. The largest absolute Gasteiger partial charge is 0.367 e. The van der Waals surface area contributed by atoms with Crippen molar-refractivity contribution in [3.8, 4) is 0 Å². The van der Waals surface area contributed by atoms with Gasteiger partial charge in [0.25, 0.3) is 0 Å². The van der Waals surface area contributed by atoms with E-state index in [1.54, 1.807) is 12.4 Å². The van der Waals surface area contributed by atoms with Gasteiger partial charge in [0.05, 0.1) is 10.7 Å². The fourth-order valence-electron chi connectivity index (χ4n) is 2.87. The van der Waals surface area contributed by atoms with Crippen molar-refractivity contribution in [2.45, 2.75) is 24.8 Å². The van der Waals surface area contributed by atoms with Gasteiger partial charge in [0.2, 0.25) is 5.89 Å². The highest BCUT2D eigenvalue weighted by atomic mass is 35.5. The number of pyridine rings is 1. The number of rotatable bonds is 3. The van der Waals surface area contributed by atoms with Crippen LogP contribution in [0.15, 0.2) is 23.0 Å². The Labute approximate surface area is 134 Å². The molecule has 0 bridgehead atoms. The monoisotopic (exact) mass is 319 g/mol. The summed E-state index contributed by atoms with van der Waals surface area (Å²) in [5.41, 5.74) is 1.01. The Morgan fingerprint density at radius 1 is 1.32 bits per heavy atom. The molecule has 2 aromatic rings. The van der Waals surface area contributed by atoms with E-state index in [0.717, 1.165) is 31.1 Å². The van der Waals surface area contributed by atoms with Crippen LogP contribution < -0.4 is 4.90 Å². The molecule has 0 unspecified atom stereocenters. The molecule has 7 heteroatoms. The average molecular weight is 320 g/mol. The number of nitrogens with zero attached hydrogens (tertiary/aromatic N) is 5. The van der Waals surface area contributed by atoms with Gasteiger partial charge in [-0.2, -0.15) is 4.98 Å². The lowest BCUT2D eigenvalue weighted by Gasteiger charge is -2.39. The number of likely N-dealkylation sites (N-methyl/N-ethyl adjacent to an activating group) is 1. The van der Waals surface area contributed by atoms with E-state index >= 15 is 0 Å². The van der Waals surface area contributed by atoms with Gasteiger partial charge in [0, 0.05) is 37.9 Å². The third-order valence-corrected chi connectivity index (χ3v) is 4.72. The molecule has 0 amide bonds. The molecule has 2 fully saturated rings. The number of hydrogen-bond donors (Lipinski definition) is 0. The molecule has 6 nitrogen and oxygen atoms in total. The molecule has 22 heavy (non-hydrogen) atoms. The summed E-state index contributed by atoms with van der Waals surface area (Å²) in [6.07, 6.45) is 5.81. The Morgan fingerprint density at radius 3 is 2.95 bits per heavy atom. The lowest BCUT2D eigenvalue weighted by Crippen LogP contribution is -2.47. The molecule has 1 aliphatic carbocycles. The molecule has 116 valence electrons. The summed E-state index contributed by atoms with van der Waals surface area (Å²) < 4.78 is 5.52. The first-order chi connectivity index (χ1) is 10.7. The van der Waals surface area contributed by atoms with Crippen molar-refractivity contribution < 1.29 is 4.52 Å². The van der Waals surface area contributed by atoms with Crippen molar-refractivity contribution in [2.24, 2.45) is 0 Å². The molecule has 1 saturated heterocycles. The molecule has 2 aromatic heterocycles. The Bertz CT molecular complexity index is 671. The van der Waals surface area contributed by atoms with Crippen molar-refractivity contribution in [3.63, 3.8) is 0 Å². The van der Waals surface area contributed by atoms with Gasteiger partial charge in [-0.1, -0.05) is 16.8 Å². The van der Waals surface area contributed by atoms with Crippen LogP contribution in [0.25, 0.3) is 0 Å². The van der Waals surface area contributed by atoms with Gasteiger partial charge in [-0.05, 0) is 26.0 Å². The molecule has 0 radical (unpaired) electrons. The number of piperazine rings is 1. The van der Waals surface area contributed by atoms with Crippen LogP contribution in [0.4, 0.5) is 5.69 Å². The summed E-state index contributed by atoms with van der Waals surface area (Å²) in [5, 5.41) is 4.81. The van der Waals surface area contributed by atoms with E-state index < -0.39 is 0 Å². The maximum absolute atomic E-state index is 6.27. The summed E-state index contributed by atoms with van der Waals surface area (Å²) in [6.45, 7) is 2.62.